The van der Waals surface area contributed by atoms with Crippen molar-refractivity contribution in [2.75, 3.05) is 20.3 Å². The number of imidazole rings is 1. The van der Waals surface area contributed by atoms with E-state index >= 15 is 0 Å². The molecule has 0 atom stereocenters. The van der Waals surface area contributed by atoms with E-state index in [0.29, 0.717) is 12.4 Å². The van der Waals surface area contributed by atoms with Gasteiger partial charge in [-0.05, 0) is 0 Å². The molecule has 0 aliphatic carbocycles. The Kier molecular flexibility index (Phi) is 4.69. The van der Waals surface area contributed by atoms with Crippen LogP contribution in [-0.2, 0) is 21.5 Å². The highest BCUT2D eigenvalue weighted by atomic mass is 32.2. The van der Waals surface area contributed by atoms with Crippen molar-refractivity contribution in [1.82, 2.24) is 19.4 Å². The third-order valence-corrected chi connectivity index (χ3v) is 2.69. The van der Waals surface area contributed by atoms with E-state index in [1.165, 1.54) is 7.11 Å². The van der Waals surface area contributed by atoms with E-state index in [9.17, 15) is 8.42 Å². The van der Waals surface area contributed by atoms with Crippen molar-refractivity contribution in [1.29, 1.82) is 0 Å². The van der Waals surface area contributed by atoms with Crippen LogP contribution in [0.4, 0.5) is 0 Å². The zero-order valence-electron chi connectivity index (χ0n) is 8.36. The minimum absolute atomic E-state index is 0.134. The summed E-state index contributed by atoms with van der Waals surface area (Å²) < 4.78 is 31.9. The van der Waals surface area contributed by atoms with E-state index in [1.807, 2.05) is 0 Å². The SMILES string of the molecule is COCCNS(=O)(=O)NCc1ncc[nH]1. The van der Waals surface area contributed by atoms with Crippen molar-refractivity contribution in [2.24, 2.45) is 0 Å². The van der Waals surface area contributed by atoms with Crippen molar-refractivity contribution in [3.63, 3.8) is 0 Å². The molecule has 8 heteroatoms. The summed E-state index contributed by atoms with van der Waals surface area (Å²) in [4.78, 5) is 6.67. The van der Waals surface area contributed by atoms with Gasteiger partial charge in [0.15, 0.2) is 0 Å². The van der Waals surface area contributed by atoms with Crippen molar-refractivity contribution in [2.45, 2.75) is 6.54 Å². The maximum Gasteiger partial charge on any atom is 0.277 e. The lowest BCUT2D eigenvalue weighted by atomic mass is 10.6. The van der Waals surface area contributed by atoms with Crippen molar-refractivity contribution in [3.05, 3.63) is 18.2 Å². The van der Waals surface area contributed by atoms with Crippen LogP contribution in [0, 0.1) is 0 Å². The topological polar surface area (TPSA) is 96.1 Å². The summed E-state index contributed by atoms with van der Waals surface area (Å²) in [6, 6.07) is 0. The summed E-state index contributed by atoms with van der Waals surface area (Å²) in [7, 11) is -1.97. The van der Waals surface area contributed by atoms with E-state index in [0.717, 1.165) is 0 Å². The minimum Gasteiger partial charge on any atom is -0.383 e. The average Bonchev–Trinajstić information content (AvgIpc) is 2.68. The number of hydrogen-bond donors (Lipinski definition) is 3. The number of aromatic amines is 1. The smallest absolute Gasteiger partial charge is 0.277 e. The molecule has 1 rings (SSSR count). The van der Waals surface area contributed by atoms with Gasteiger partial charge in [0, 0.05) is 26.0 Å². The van der Waals surface area contributed by atoms with Crippen molar-refractivity contribution < 1.29 is 13.2 Å². The molecule has 0 radical (unpaired) electrons. The Morgan fingerprint density at radius 3 is 2.93 bits per heavy atom. The summed E-state index contributed by atoms with van der Waals surface area (Å²) in [6.07, 6.45) is 3.18. The standard InChI is InChI=1S/C7H14N4O3S/c1-14-5-4-10-15(12,13)11-6-7-8-2-3-9-7/h2-3,10-11H,4-6H2,1H3,(H,8,9). The van der Waals surface area contributed by atoms with E-state index in [2.05, 4.69) is 19.4 Å². The number of aromatic nitrogens is 2. The highest BCUT2D eigenvalue weighted by Gasteiger charge is 2.08. The molecule has 0 saturated carbocycles. The Bertz CT molecular complexity index is 362. The predicted molar refractivity (Wildman–Crippen MR) is 54.2 cm³/mol. The molecule has 1 aromatic heterocycles. The van der Waals surface area contributed by atoms with Gasteiger partial charge in [-0.15, -0.1) is 0 Å². The number of H-pyrrole nitrogens is 1. The van der Waals surface area contributed by atoms with E-state index in [4.69, 9.17) is 4.74 Å². The highest BCUT2D eigenvalue weighted by molar-refractivity contribution is 7.87. The molecule has 0 aliphatic heterocycles. The minimum atomic E-state index is -3.47. The molecule has 7 nitrogen and oxygen atoms in total. The highest BCUT2D eigenvalue weighted by Crippen LogP contribution is 1.88. The number of hydrogen-bond acceptors (Lipinski definition) is 4. The summed E-state index contributed by atoms with van der Waals surface area (Å²) in [5.74, 6) is 0.562. The Labute approximate surface area is 88.4 Å². The van der Waals surface area contributed by atoms with Crippen LogP contribution in [-0.4, -0.2) is 38.6 Å². The second-order valence-corrected chi connectivity index (χ2v) is 4.33. The molecule has 3 N–H and O–H groups in total. The van der Waals surface area contributed by atoms with Crippen LogP contribution in [0.2, 0.25) is 0 Å². The normalized spacial score (nSPS) is 11.8. The fraction of sp³-hybridized carbons (Fsp3) is 0.571. The molecule has 1 heterocycles. The molecule has 15 heavy (non-hydrogen) atoms. The van der Waals surface area contributed by atoms with Crippen LogP contribution in [0.1, 0.15) is 5.82 Å². The lowest BCUT2D eigenvalue weighted by molar-refractivity contribution is 0.204. The van der Waals surface area contributed by atoms with E-state index < -0.39 is 10.2 Å². The third kappa shape index (κ3) is 4.88. The summed E-state index contributed by atoms with van der Waals surface area (Å²) in [5.41, 5.74) is 0. The van der Waals surface area contributed by atoms with Crippen LogP contribution >= 0.6 is 0 Å². The Balaban J connectivity index is 2.30. The molecular formula is C7H14N4O3S. The second kappa shape index (κ2) is 5.81. The summed E-state index contributed by atoms with van der Waals surface area (Å²) >= 11 is 0. The fourth-order valence-electron chi connectivity index (χ4n) is 0.887. The van der Waals surface area contributed by atoms with Crippen LogP contribution < -0.4 is 9.44 Å². The zero-order chi connectivity index (χ0) is 11.1. The quantitative estimate of drug-likeness (QED) is 0.526. The van der Waals surface area contributed by atoms with Crippen LogP contribution in [0.25, 0.3) is 0 Å². The molecule has 0 fully saturated rings. The van der Waals surface area contributed by atoms with Gasteiger partial charge in [0.1, 0.15) is 5.82 Å². The molecule has 86 valence electrons. The molecule has 0 saturated heterocycles. The van der Waals surface area contributed by atoms with Gasteiger partial charge in [0.25, 0.3) is 10.2 Å². The Hall–Kier alpha value is -0.960. The van der Waals surface area contributed by atoms with Gasteiger partial charge in [-0.1, -0.05) is 0 Å². The van der Waals surface area contributed by atoms with Gasteiger partial charge < -0.3 is 9.72 Å². The van der Waals surface area contributed by atoms with Gasteiger partial charge in [-0.3, -0.25) is 0 Å². The maximum absolute atomic E-state index is 11.3. The van der Waals surface area contributed by atoms with Crippen LogP contribution in [0.3, 0.4) is 0 Å². The van der Waals surface area contributed by atoms with E-state index in [-0.39, 0.29) is 13.1 Å². The van der Waals surface area contributed by atoms with Gasteiger partial charge in [0.2, 0.25) is 0 Å². The monoisotopic (exact) mass is 234 g/mol. The molecule has 0 aliphatic rings. The summed E-state index contributed by atoms with van der Waals surface area (Å²) in [6.45, 7) is 0.709. The Morgan fingerprint density at radius 2 is 2.33 bits per heavy atom. The predicted octanol–water partition coefficient (Wildman–Crippen LogP) is -1.02. The fourth-order valence-corrected chi connectivity index (χ4v) is 1.67. The van der Waals surface area contributed by atoms with E-state index in [1.54, 1.807) is 12.4 Å². The Morgan fingerprint density at radius 1 is 1.53 bits per heavy atom. The van der Waals surface area contributed by atoms with Gasteiger partial charge in [-0.2, -0.15) is 17.9 Å². The number of methoxy groups -OCH3 is 1. The first-order valence-corrected chi connectivity index (χ1v) is 5.84. The molecule has 0 amide bonds. The molecule has 0 unspecified atom stereocenters. The van der Waals surface area contributed by atoms with Crippen molar-refractivity contribution >= 4 is 10.2 Å². The van der Waals surface area contributed by atoms with Gasteiger partial charge in [0.05, 0.1) is 13.2 Å². The largest absolute Gasteiger partial charge is 0.383 e. The first-order valence-electron chi connectivity index (χ1n) is 4.35. The molecular weight excluding hydrogens is 220 g/mol. The lowest BCUT2D eigenvalue weighted by Crippen LogP contribution is -2.37. The van der Waals surface area contributed by atoms with Crippen LogP contribution in [0.5, 0.6) is 0 Å². The number of ether oxygens (including phenoxy) is 1. The third-order valence-electron chi connectivity index (χ3n) is 1.58. The van der Waals surface area contributed by atoms with Gasteiger partial charge in [-0.25, -0.2) is 4.98 Å². The average molecular weight is 234 g/mol. The van der Waals surface area contributed by atoms with Crippen molar-refractivity contribution in [3.8, 4) is 0 Å². The van der Waals surface area contributed by atoms with Gasteiger partial charge >= 0.3 is 0 Å². The number of rotatable bonds is 7. The zero-order valence-corrected chi connectivity index (χ0v) is 9.17. The summed E-state index contributed by atoms with van der Waals surface area (Å²) in [5, 5.41) is 0. The molecule has 1 aromatic rings. The molecule has 0 bridgehead atoms. The molecule has 0 spiro atoms. The molecule has 0 aromatic carbocycles. The first kappa shape index (κ1) is 12.1. The van der Waals surface area contributed by atoms with Crippen LogP contribution in [0.15, 0.2) is 12.4 Å². The second-order valence-electron chi connectivity index (χ2n) is 2.75. The number of nitrogens with one attached hydrogen (secondary N) is 3. The first-order chi connectivity index (χ1) is 7.14. The lowest BCUT2D eigenvalue weighted by Gasteiger charge is -2.06. The maximum atomic E-state index is 11.3. The number of nitrogens with zero attached hydrogens (tertiary/aromatic N) is 1.